The number of rotatable bonds is 9. The van der Waals surface area contributed by atoms with Gasteiger partial charge in [-0.3, -0.25) is 9.59 Å². The van der Waals surface area contributed by atoms with Crippen molar-refractivity contribution < 1.29 is 18.4 Å². The number of carbonyl (C=O) groups is 2. The molecule has 34 heavy (non-hydrogen) atoms. The van der Waals surface area contributed by atoms with Crippen molar-refractivity contribution in [2.24, 2.45) is 11.0 Å². The molecular weight excluding hydrogens is 438 g/mol. The van der Waals surface area contributed by atoms with Crippen LogP contribution in [-0.2, 0) is 15.5 Å². The van der Waals surface area contributed by atoms with Crippen LogP contribution >= 0.6 is 0 Å². The maximum atomic E-state index is 14.0. The molecule has 180 valence electrons. The van der Waals surface area contributed by atoms with Crippen LogP contribution in [0.4, 0.5) is 20.2 Å². The van der Waals surface area contributed by atoms with Crippen LogP contribution in [0.1, 0.15) is 52.6 Å². The van der Waals surface area contributed by atoms with Crippen molar-refractivity contribution in [3.63, 3.8) is 0 Å². The fraction of sp³-hybridized carbons (Fsp3) is 0.346. The Bertz CT molecular complexity index is 1220. The van der Waals surface area contributed by atoms with E-state index in [1.807, 2.05) is 24.4 Å². The number of aromatic nitrogens is 1. The summed E-state index contributed by atoms with van der Waals surface area (Å²) in [5, 5.41) is 9.26. The van der Waals surface area contributed by atoms with E-state index in [2.05, 4.69) is 28.8 Å². The highest BCUT2D eigenvalue weighted by Gasteiger charge is 2.29. The van der Waals surface area contributed by atoms with Gasteiger partial charge < -0.3 is 9.88 Å². The molecule has 2 aromatic carbocycles. The van der Waals surface area contributed by atoms with Gasteiger partial charge in [-0.2, -0.15) is 5.10 Å². The first-order valence-electron chi connectivity index (χ1n) is 11.3. The SMILES string of the molecule is CCC(F)(F)c1cccc(NC(=O)C(C)/C(C)=N\N(C=O)c2ccc3ccn(C(C)C)c3c2)c1. The molecule has 1 N–H and O–H groups in total. The van der Waals surface area contributed by atoms with Gasteiger partial charge in [-0.15, -0.1) is 0 Å². The molecule has 1 atom stereocenters. The molecule has 0 aliphatic heterocycles. The van der Waals surface area contributed by atoms with E-state index in [0.717, 1.165) is 10.9 Å². The highest BCUT2D eigenvalue weighted by Crippen LogP contribution is 2.32. The maximum Gasteiger partial charge on any atom is 0.273 e. The van der Waals surface area contributed by atoms with Crippen molar-refractivity contribution in [3.05, 3.63) is 60.3 Å². The van der Waals surface area contributed by atoms with E-state index in [-0.39, 0.29) is 23.7 Å². The summed E-state index contributed by atoms with van der Waals surface area (Å²) >= 11 is 0. The number of amides is 2. The molecule has 0 saturated heterocycles. The molecule has 0 radical (unpaired) electrons. The van der Waals surface area contributed by atoms with Gasteiger partial charge in [0.15, 0.2) is 0 Å². The van der Waals surface area contributed by atoms with Crippen LogP contribution in [0.5, 0.6) is 0 Å². The predicted molar refractivity (Wildman–Crippen MR) is 132 cm³/mol. The molecule has 3 aromatic rings. The molecular formula is C26H30F2N4O2. The number of alkyl halides is 2. The van der Waals surface area contributed by atoms with Gasteiger partial charge in [0.05, 0.1) is 17.1 Å². The average Bonchev–Trinajstić information content (AvgIpc) is 3.25. The minimum atomic E-state index is -2.97. The van der Waals surface area contributed by atoms with Gasteiger partial charge in [-0.1, -0.05) is 25.1 Å². The summed E-state index contributed by atoms with van der Waals surface area (Å²) < 4.78 is 30.1. The maximum absolute atomic E-state index is 14.0. The molecule has 3 rings (SSSR count). The number of hydrogen-bond acceptors (Lipinski definition) is 3. The molecule has 6 nitrogen and oxygen atoms in total. The van der Waals surface area contributed by atoms with E-state index in [1.54, 1.807) is 26.0 Å². The summed E-state index contributed by atoms with van der Waals surface area (Å²) in [6, 6.07) is 13.5. The number of hydrogen-bond donors (Lipinski definition) is 1. The van der Waals surface area contributed by atoms with E-state index >= 15 is 0 Å². The van der Waals surface area contributed by atoms with Gasteiger partial charge in [-0.25, -0.2) is 13.8 Å². The third kappa shape index (κ3) is 5.32. The second kappa shape index (κ2) is 10.2. The fourth-order valence-corrected chi connectivity index (χ4v) is 3.60. The molecule has 0 spiro atoms. The summed E-state index contributed by atoms with van der Waals surface area (Å²) in [7, 11) is 0. The second-order valence-electron chi connectivity index (χ2n) is 8.60. The highest BCUT2D eigenvalue weighted by molar-refractivity contribution is 6.08. The largest absolute Gasteiger partial charge is 0.345 e. The van der Waals surface area contributed by atoms with E-state index in [0.29, 0.717) is 17.8 Å². The van der Waals surface area contributed by atoms with Gasteiger partial charge in [0.2, 0.25) is 12.3 Å². The Labute approximate surface area is 198 Å². The van der Waals surface area contributed by atoms with Gasteiger partial charge in [-0.05, 0) is 63.4 Å². The number of anilines is 2. The number of benzene rings is 2. The van der Waals surface area contributed by atoms with Crippen molar-refractivity contribution in [3.8, 4) is 0 Å². The summed E-state index contributed by atoms with van der Waals surface area (Å²) in [6.07, 6.45) is 2.26. The molecule has 1 unspecified atom stereocenters. The molecule has 2 amide bonds. The lowest BCUT2D eigenvalue weighted by Gasteiger charge is -2.18. The number of fused-ring (bicyclic) bond motifs is 1. The Hall–Kier alpha value is -3.55. The Morgan fingerprint density at radius 1 is 1.18 bits per heavy atom. The average molecular weight is 469 g/mol. The zero-order chi connectivity index (χ0) is 25.0. The lowest BCUT2D eigenvalue weighted by Crippen LogP contribution is -2.28. The zero-order valence-electron chi connectivity index (χ0n) is 20.0. The lowest BCUT2D eigenvalue weighted by molar-refractivity contribution is -0.117. The Morgan fingerprint density at radius 3 is 2.56 bits per heavy atom. The number of nitrogens with zero attached hydrogens (tertiary/aromatic N) is 3. The molecule has 0 aliphatic rings. The van der Waals surface area contributed by atoms with Crippen LogP contribution in [0.25, 0.3) is 10.9 Å². The van der Waals surface area contributed by atoms with Crippen molar-refractivity contribution >= 4 is 40.3 Å². The highest BCUT2D eigenvalue weighted by atomic mass is 19.3. The van der Waals surface area contributed by atoms with Crippen molar-refractivity contribution in [1.29, 1.82) is 0 Å². The smallest absolute Gasteiger partial charge is 0.273 e. The van der Waals surface area contributed by atoms with Crippen LogP contribution in [0, 0.1) is 5.92 Å². The normalized spacial score (nSPS) is 13.2. The quantitative estimate of drug-likeness (QED) is 0.226. The fourth-order valence-electron chi connectivity index (χ4n) is 3.60. The second-order valence-corrected chi connectivity index (χ2v) is 8.60. The number of hydrazone groups is 1. The molecule has 0 fully saturated rings. The first kappa shape index (κ1) is 25.1. The van der Waals surface area contributed by atoms with Crippen LogP contribution < -0.4 is 10.3 Å². The Morgan fingerprint density at radius 2 is 1.91 bits per heavy atom. The summed E-state index contributed by atoms with van der Waals surface area (Å²) in [5.74, 6) is -4.07. The number of halogens is 2. The monoisotopic (exact) mass is 468 g/mol. The van der Waals surface area contributed by atoms with Crippen molar-refractivity contribution in [2.75, 3.05) is 10.3 Å². The molecule has 1 aromatic heterocycles. The van der Waals surface area contributed by atoms with Gasteiger partial charge in [0.1, 0.15) is 0 Å². The Kier molecular flexibility index (Phi) is 7.49. The number of carbonyl (C=O) groups excluding carboxylic acids is 2. The van der Waals surface area contributed by atoms with Crippen molar-refractivity contribution in [2.45, 2.75) is 53.0 Å². The van der Waals surface area contributed by atoms with Gasteiger partial charge >= 0.3 is 0 Å². The Balaban J connectivity index is 1.80. The van der Waals surface area contributed by atoms with Crippen LogP contribution in [0.15, 0.2) is 59.8 Å². The van der Waals surface area contributed by atoms with Gasteiger partial charge in [0, 0.05) is 35.6 Å². The van der Waals surface area contributed by atoms with E-state index < -0.39 is 17.7 Å². The third-order valence-corrected chi connectivity index (χ3v) is 5.91. The minimum absolute atomic E-state index is 0.153. The molecule has 1 heterocycles. The zero-order valence-corrected chi connectivity index (χ0v) is 20.0. The first-order valence-corrected chi connectivity index (χ1v) is 11.3. The van der Waals surface area contributed by atoms with Crippen molar-refractivity contribution in [1.82, 2.24) is 4.57 Å². The van der Waals surface area contributed by atoms with Crippen LogP contribution in [0.3, 0.4) is 0 Å². The van der Waals surface area contributed by atoms with Crippen LogP contribution in [0.2, 0.25) is 0 Å². The van der Waals surface area contributed by atoms with Gasteiger partial charge in [0.25, 0.3) is 5.92 Å². The summed E-state index contributed by atoms with van der Waals surface area (Å²) in [4.78, 5) is 24.6. The minimum Gasteiger partial charge on any atom is -0.345 e. The molecule has 0 aliphatic carbocycles. The van der Waals surface area contributed by atoms with E-state index in [1.165, 1.54) is 30.1 Å². The number of nitrogens with one attached hydrogen (secondary N) is 1. The standard InChI is InChI=1S/C26H30F2N4O2/c1-6-26(27,28)21-8-7-9-22(14-21)29-25(34)18(4)19(5)30-32(16-33)23-11-10-20-12-13-31(17(2)3)24(20)15-23/h7-18H,6H2,1-5H3,(H,29,34)/b30-19-. The predicted octanol–water partition coefficient (Wildman–Crippen LogP) is 6.34. The summed E-state index contributed by atoms with van der Waals surface area (Å²) in [5.41, 5.74) is 2.08. The third-order valence-electron chi connectivity index (χ3n) is 5.91. The van der Waals surface area contributed by atoms with E-state index in [9.17, 15) is 18.4 Å². The molecule has 0 bridgehead atoms. The lowest BCUT2D eigenvalue weighted by atomic mass is 10.0. The van der Waals surface area contributed by atoms with Crippen LogP contribution in [-0.4, -0.2) is 22.6 Å². The molecule has 8 heteroatoms. The van der Waals surface area contributed by atoms with E-state index in [4.69, 9.17) is 0 Å². The molecule has 0 saturated carbocycles. The topological polar surface area (TPSA) is 66.7 Å². The first-order chi connectivity index (χ1) is 16.1. The summed E-state index contributed by atoms with van der Waals surface area (Å²) in [6.45, 7) is 8.85.